The van der Waals surface area contributed by atoms with Crippen molar-refractivity contribution < 1.29 is 14.1 Å². The molecule has 1 saturated carbocycles. The summed E-state index contributed by atoms with van der Waals surface area (Å²) < 4.78 is 10.8. The zero-order valence-corrected chi connectivity index (χ0v) is 12.9. The van der Waals surface area contributed by atoms with E-state index in [0.29, 0.717) is 24.8 Å². The van der Waals surface area contributed by atoms with Crippen LogP contribution in [0, 0.1) is 6.92 Å². The van der Waals surface area contributed by atoms with E-state index in [0.717, 1.165) is 24.4 Å². The molecule has 0 atom stereocenters. The van der Waals surface area contributed by atoms with Gasteiger partial charge in [0.05, 0.1) is 6.54 Å². The van der Waals surface area contributed by atoms with Gasteiger partial charge < -0.3 is 14.2 Å². The molecule has 2 aromatic rings. The molecule has 0 radical (unpaired) electrons. The molecule has 1 aliphatic rings. The molecule has 1 aromatic carbocycles. The molecular weight excluding hydrogens is 280 g/mol. The Morgan fingerprint density at radius 2 is 2.09 bits per heavy atom. The average Bonchev–Trinajstić information content (AvgIpc) is 3.26. The number of carbonyl (C=O) groups excluding carboxylic acids is 1. The van der Waals surface area contributed by atoms with Crippen molar-refractivity contribution in [2.24, 2.45) is 0 Å². The summed E-state index contributed by atoms with van der Waals surface area (Å²) in [4.78, 5) is 13.8. The molecule has 5 nitrogen and oxygen atoms in total. The van der Waals surface area contributed by atoms with Gasteiger partial charge in [-0.15, -0.1) is 0 Å². The van der Waals surface area contributed by atoms with Crippen LogP contribution in [0.4, 0.5) is 0 Å². The van der Waals surface area contributed by atoms with Gasteiger partial charge in [0.25, 0.3) is 5.91 Å². The number of carbonyl (C=O) groups is 1. The van der Waals surface area contributed by atoms with Gasteiger partial charge in [-0.3, -0.25) is 4.79 Å². The molecule has 5 heteroatoms. The molecule has 1 aromatic heterocycles. The molecule has 0 aliphatic heterocycles. The van der Waals surface area contributed by atoms with Gasteiger partial charge in [0, 0.05) is 19.0 Å². The highest BCUT2D eigenvalue weighted by molar-refractivity contribution is 5.92. The largest absolute Gasteiger partial charge is 0.492 e. The normalized spacial score (nSPS) is 13.9. The monoisotopic (exact) mass is 300 g/mol. The third-order valence-electron chi connectivity index (χ3n) is 3.79. The quantitative estimate of drug-likeness (QED) is 0.823. The van der Waals surface area contributed by atoms with Gasteiger partial charge in [0.15, 0.2) is 5.69 Å². The van der Waals surface area contributed by atoms with E-state index in [1.807, 2.05) is 31.2 Å². The molecule has 0 N–H and O–H groups in total. The summed E-state index contributed by atoms with van der Waals surface area (Å²) in [5.74, 6) is 1.96. The minimum Gasteiger partial charge on any atom is -0.492 e. The lowest BCUT2D eigenvalue weighted by Crippen LogP contribution is -2.31. The predicted octanol–water partition coefficient (Wildman–Crippen LogP) is 3.01. The van der Waals surface area contributed by atoms with Crippen molar-refractivity contribution in [2.45, 2.75) is 25.7 Å². The summed E-state index contributed by atoms with van der Waals surface area (Å²) in [7, 11) is 1.74. The van der Waals surface area contributed by atoms with Gasteiger partial charge in [0.2, 0.25) is 0 Å². The number of amides is 1. The van der Waals surface area contributed by atoms with Crippen LogP contribution in [0.25, 0.3) is 0 Å². The van der Waals surface area contributed by atoms with Gasteiger partial charge in [-0.1, -0.05) is 22.9 Å². The Labute approximate surface area is 129 Å². The number of benzene rings is 1. The Balaban J connectivity index is 1.49. The fourth-order valence-corrected chi connectivity index (χ4v) is 2.18. The van der Waals surface area contributed by atoms with Crippen LogP contribution >= 0.6 is 0 Å². The smallest absolute Gasteiger partial charge is 0.275 e. The zero-order valence-electron chi connectivity index (χ0n) is 12.9. The highest BCUT2D eigenvalue weighted by Crippen LogP contribution is 2.40. The van der Waals surface area contributed by atoms with Crippen LogP contribution in [-0.2, 0) is 0 Å². The summed E-state index contributed by atoms with van der Waals surface area (Å²) in [6, 6.07) is 9.61. The van der Waals surface area contributed by atoms with Crippen LogP contribution in [0.5, 0.6) is 5.75 Å². The summed E-state index contributed by atoms with van der Waals surface area (Å²) in [6.07, 6.45) is 2.26. The third-order valence-corrected chi connectivity index (χ3v) is 3.79. The van der Waals surface area contributed by atoms with Gasteiger partial charge >= 0.3 is 0 Å². The maximum atomic E-state index is 12.2. The highest BCUT2D eigenvalue weighted by atomic mass is 16.5. The first kappa shape index (κ1) is 14.6. The summed E-state index contributed by atoms with van der Waals surface area (Å²) >= 11 is 0. The summed E-state index contributed by atoms with van der Waals surface area (Å²) in [5.41, 5.74) is 1.57. The molecular formula is C17H20N2O3. The van der Waals surface area contributed by atoms with Crippen LogP contribution in [0.15, 0.2) is 34.9 Å². The van der Waals surface area contributed by atoms with Crippen molar-refractivity contribution in [3.05, 3.63) is 47.3 Å². The Hall–Kier alpha value is -2.30. The number of aromatic nitrogens is 1. The van der Waals surface area contributed by atoms with E-state index in [9.17, 15) is 4.79 Å². The molecule has 116 valence electrons. The van der Waals surface area contributed by atoms with Crippen molar-refractivity contribution in [3.8, 4) is 5.75 Å². The molecule has 22 heavy (non-hydrogen) atoms. The third kappa shape index (κ3) is 3.47. The minimum absolute atomic E-state index is 0.136. The molecule has 1 heterocycles. The molecule has 1 amide bonds. The molecule has 0 saturated heterocycles. The summed E-state index contributed by atoms with van der Waals surface area (Å²) in [5, 5.41) is 3.87. The van der Waals surface area contributed by atoms with Crippen molar-refractivity contribution in [1.82, 2.24) is 10.1 Å². The lowest BCUT2D eigenvalue weighted by Gasteiger charge is -2.16. The second kappa shape index (κ2) is 6.22. The number of rotatable bonds is 6. The molecule has 0 unspecified atom stereocenters. The topological polar surface area (TPSA) is 55.6 Å². The highest BCUT2D eigenvalue weighted by Gasteiger charge is 2.29. The average molecular weight is 300 g/mol. The van der Waals surface area contributed by atoms with E-state index in [1.165, 1.54) is 5.56 Å². The van der Waals surface area contributed by atoms with Crippen LogP contribution < -0.4 is 4.74 Å². The zero-order chi connectivity index (χ0) is 15.5. The van der Waals surface area contributed by atoms with Crippen LogP contribution in [0.2, 0.25) is 0 Å². The standard InChI is InChI=1S/C17H20N2O3/c1-12-3-7-14(8-4-12)21-10-9-19(2)17(20)15-11-16(22-18-15)13-5-6-13/h3-4,7-8,11,13H,5-6,9-10H2,1-2H3. The van der Waals surface area contributed by atoms with Gasteiger partial charge in [-0.2, -0.15) is 0 Å². The number of aryl methyl sites for hydroxylation is 1. The first-order valence-corrected chi connectivity index (χ1v) is 7.55. The molecule has 3 rings (SSSR count). The van der Waals surface area contributed by atoms with Crippen LogP contribution in [0.3, 0.4) is 0 Å². The molecule has 1 aliphatic carbocycles. The van der Waals surface area contributed by atoms with Gasteiger partial charge in [-0.25, -0.2) is 0 Å². The van der Waals surface area contributed by atoms with E-state index in [1.54, 1.807) is 18.0 Å². The first-order chi connectivity index (χ1) is 10.6. The number of nitrogens with zero attached hydrogens (tertiary/aromatic N) is 2. The van der Waals surface area contributed by atoms with E-state index in [-0.39, 0.29) is 5.91 Å². The Kier molecular flexibility index (Phi) is 4.13. The predicted molar refractivity (Wildman–Crippen MR) is 82.1 cm³/mol. The van der Waals surface area contributed by atoms with E-state index < -0.39 is 0 Å². The Morgan fingerprint density at radius 1 is 1.36 bits per heavy atom. The van der Waals surface area contributed by atoms with E-state index in [2.05, 4.69) is 5.16 Å². The van der Waals surface area contributed by atoms with Gasteiger partial charge in [0.1, 0.15) is 18.1 Å². The molecule has 1 fully saturated rings. The Morgan fingerprint density at radius 3 is 2.77 bits per heavy atom. The molecule has 0 bridgehead atoms. The van der Waals surface area contributed by atoms with Crippen molar-refractivity contribution in [1.29, 1.82) is 0 Å². The fourth-order valence-electron chi connectivity index (χ4n) is 2.18. The molecule has 0 spiro atoms. The van der Waals surface area contributed by atoms with Crippen LogP contribution in [0.1, 0.15) is 40.6 Å². The SMILES string of the molecule is Cc1ccc(OCCN(C)C(=O)c2cc(C3CC3)on2)cc1. The fraction of sp³-hybridized carbons (Fsp3) is 0.412. The van der Waals surface area contributed by atoms with Gasteiger partial charge in [-0.05, 0) is 31.9 Å². The summed E-state index contributed by atoms with van der Waals surface area (Å²) in [6.45, 7) is 2.97. The van der Waals surface area contributed by atoms with E-state index >= 15 is 0 Å². The number of hydrogen-bond acceptors (Lipinski definition) is 4. The second-order valence-corrected chi connectivity index (χ2v) is 5.78. The Bertz CT molecular complexity index is 644. The lowest BCUT2D eigenvalue weighted by molar-refractivity contribution is 0.0763. The van der Waals surface area contributed by atoms with Crippen molar-refractivity contribution in [3.63, 3.8) is 0 Å². The maximum absolute atomic E-state index is 12.2. The van der Waals surface area contributed by atoms with E-state index in [4.69, 9.17) is 9.26 Å². The van der Waals surface area contributed by atoms with Crippen LogP contribution in [-0.4, -0.2) is 36.2 Å². The maximum Gasteiger partial charge on any atom is 0.275 e. The second-order valence-electron chi connectivity index (χ2n) is 5.78. The first-order valence-electron chi connectivity index (χ1n) is 7.55. The number of likely N-dealkylation sites (N-methyl/N-ethyl adjacent to an activating group) is 1. The number of ether oxygens (including phenoxy) is 1. The lowest BCUT2D eigenvalue weighted by atomic mass is 10.2. The minimum atomic E-state index is -0.136. The van der Waals surface area contributed by atoms with Crippen molar-refractivity contribution >= 4 is 5.91 Å². The number of hydrogen-bond donors (Lipinski definition) is 0. The van der Waals surface area contributed by atoms with Crippen molar-refractivity contribution in [2.75, 3.05) is 20.2 Å².